The second-order valence-corrected chi connectivity index (χ2v) is 14.8. The molecular weight excluding hydrogens is 232 g/mol. The Balaban J connectivity index is 2.65. The molecule has 0 radical (unpaired) electrons. The number of rotatable bonds is 5. The molecule has 0 aliphatic heterocycles. The normalized spacial score (nSPS) is 13.1. The summed E-state index contributed by atoms with van der Waals surface area (Å²) in [6, 6.07) is 0. The molecule has 0 aromatic carbocycles. The molecule has 0 aliphatic carbocycles. The van der Waals surface area contributed by atoms with Gasteiger partial charge in [-0.15, -0.1) is 0 Å². The van der Waals surface area contributed by atoms with Gasteiger partial charge in [-0.2, -0.15) is 0 Å². The minimum atomic E-state index is -1.57. The second-order valence-electron chi connectivity index (χ2n) is 5.89. The van der Waals surface area contributed by atoms with Crippen LogP contribution in [0.3, 0.4) is 0 Å². The standard InChI is InChI=1S/C11H25N2OSi2/c1-7-12-8-9-13(10-12)11-16(5,6)14-15(2,3)4/h8-10H,7,11H2,1-6H3/q+1. The Bertz CT molecular complexity index is 342. The van der Waals surface area contributed by atoms with E-state index in [1.807, 2.05) is 0 Å². The molecule has 1 aromatic heterocycles. The van der Waals surface area contributed by atoms with Gasteiger partial charge in [0, 0.05) is 0 Å². The van der Waals surface area contributed by atoms with Crippen LogP contribution in [-0.4, -0.2) is 21.2 Å². The molecule has 0 N–H and O–H groups in total. The first-order valence-electron chi connectivity index (χ1n) is 5.97. The van der Waals surface area contributed by atoms with Crippen molar-refractivity contribution in [3.8, 4) is 0 Å². The monoisotopic (exact) mass is 257 g/mol. The first-order chi connectivity index (χ1) is 7.22. The van der Waals surface area contributed by atoms with E-state index < -0.39 is 16.6 Å². The number of aryl methyl sites for hydroxylation is 1. The average molecular weight is 258 g/mol. The maximum atomic E-state index is 6.32. The van der Waals surface area contributed by atoms with Gasteiger partial charge >= 0.3 is 0 Å². The van der Waals surface area contributed by atoms with Crippen molar-refractivity contribution in [2.45, 2.75) is 52.4 Å². The lowest BCUT2D eigenvalue weighted by Crippen LogP contribution is -2.53. The van der Waals surface area contributed by atoms with Gasteiger partial charge < -0.3 is 4.12 Å². The van der Waals surface area contributed by atoms with Gasteiger partial charge in [0.2, 0.25) is 14.6 Å². The largest absolute Gasteiger partial charge is 0.453 e. The predicted molar refractivity (Wildman–Crippen MR) is 72.2 cm³/mol. The van der Waals surface area contributed by atoms with Gasteiger partial charge in [0.05, 0.1) is 6.54 Å². The van der Waals surface area contributed by atoms with Gasteiger partial charge in [-0.1, -0.05) is 0 Å². The van der Waals surface area contributed by atoms with E-state index in [4.69, 9.17) is 4.12 Å². The fourth-order valence-corrected chi connectivity index (χ4v) is 9.98. The van der Waals surface area contributed by atoms with Gasteiger partial charge in [-0.25, -0.2) is 9.13 Å². The molecule has 0 aliphatic rings. The highest BCUT2D eigenvalue weighted by Crippen LogP contribution is 2.13. The summed E-state index contributed by atoms with van der Waals surface area (Å²) in [7, 11) is -2.97. The Labute approximate surface area is 101 Å². The molecule has 0 fully saturated rings. The summed E-state index contributed by atoms with van der Waals surface area (Å²) in [5.41, 5.74) is 0. The van der Waals surface area contributed by atoms with Crippen molar-refractivity contribution in [1.82, 2.24) is 4.57 Å². The summed E-state index contributed by atoms with van der Waals surface area (Å²) >= 11 is 0. The maximum absolute atomic E-state index is 6.32. The Morgan fingerprint density at radius 3 is 2.25 bits per heavy atom. The summed E-state index contributed by atoms with van der Waals surface area (Å²) in [4.78, 5) is 0. The highest BCUT2D eigenvalue weighted by molar-refractivity contribution is 6.83. The molecule has 0 atom stereocenters. The summed E-state index contributed by atoms with van der Waals surface area (Å²) in [6.07, 6.45) is 7.48. The lowest BCUT2D eigenvalue weighted by atomic mass is 10.7. The van der Waals surface area contributed by atoms with Crippen molar-refractivity contribution in [2.24, 2.45) is 0 Å². The number of imidazole rings is 1. The van der Waals surface area contributed by atoms with Crippen molar-refractivity contribution in [2.75, 3.05) is 0 Å². The van der Waals surface area contributed by atoms with E-state index in [1.165, 1.54) is 0 Å². The van der Waals surface area contributed by atoms with Crippen LogP contribution < -0.4 is 4.57 Å². The molecular formula is C11H25N2OSi2+. The van der Waals surface area contributed by atoms with E-state index in [0.29, 0.717) is 0 Å². The first-order valence-corrected chi connectivity index (χ1v) is 12.5. The molecule has 16 heavy (non-hydrogen) atoms. The Morgan fingerprint density at radius 2 is 1.81 bits per heavy atom. The van der Waals surface area contributed by atoms with E-state index >= 15 is 0 Å². The van der Waals surface area contributed by atoms with Gasteiger partial charge in [0.1, 0.15) is 18.6 Å². The Morgan fingerprint density at radius 1 is 1.19 bits per heavy atom. The topological polar surface area (TPSA) is 18.0 Å². The second kappa shape index (κ2) is 4.85. The van der Waals surface area contributed by atoms with Crippen LogP contribution in [0.25, 0.3) is 0 Å². The molecule has 1 rings (SSSR count). The van der Waals surface area contributed by atoms with Crippen molar-refractivity contribution >= 4 is 16.6 Å². The first kappa shape index (κ1) is 13.7. The molecule has 1 heterocycles. The Kier molecular flexibility index (Phi) is 4.14. The molecule has 0 spiro atoms. The fraction of sp³-hybridized carbons (Fsp3) is 0.727. The fourth-order valence-electron chi connectivity index (χ4n) is 2.02. The van der Waals surface area contributed by atoms with E-state index in [1.54, 1.807) is 0 Å². The molecule has 3 nitrogen and oxygen atoms in total. The van der Waals surface area contributed by atoms with E-state index in [2.05, 4.69) is 67.5 Å². The summed E-state index contributed by atoms with van der Waals surface area (Å²) in [5.74, 6) is 0. The van der Waals surface area contributed by atoms with E-state index in [0.717, 1.165) is 12.7 Å². The van der Waals surface area contributed by atoms with Crippen LogP contribution in [0.1, 0.15) is 6.92 Å². The van der Waals surface area contributed by atoms with Crippen LogP contribution in [0.4, 0.5) is 0 Å². The van der Waals surface area contributed by atoms with E-state index in [-0.39, 0.29) is 0 Å². The van der Waals surface area contributed by atoms with Crippen LogP contribution in [0.5, 0.6) is 0 Å². The number of hydrogen-bond acceptors (Lipinski definition) is 1. The SMILES string of the molecule is CCn1cc[n+](C[Si](C)(C)O[Si](C)(C)C)c1. The zero-order valence-electron chi connectivity index (χ0n) is 11.4. The molecule has 0 unspecified atom stereocenters. The Hall–Kier alpha value is -0.396. The average Bonchev–Trinajstić information content (AvgIpc) is 2.46. The summed E-state index contributed by atoms with van der Waals surface area (Å²) in [6.45, 7) is 14.6. The molecule has 0 saturated heterocycles. The van der Waals surface area contributed by atoms with Crippen molar-refractivity contribution in [3.63, 3.8) is 0 Å². The third kappa shape index (κ3) is 4.63. The zero-order valence-corrected chi connectivity index (χ0v) is 13.4. The number of nitrogens with zero attached hydrogens (tertiary/aromatic N) is 2. The predicted octanol–water partition coefficient (Wildman–Crippen LogP) is 2.39. The molecule has 1 aromatic rings. The van der Waals surface area contributed by atoms with Gasteiger partial charge in [0.25, 0.3) is 0 Å². The molecule has 5 heteroatoms. The van der Waals surface area contributed by atoms with Gasteiger partial charge in [0.15, 0.2) is 8.32 Å². The lowest BCUT2D eigenvalue weighted by molar-refractivity contribution is -0.681. The third-order valence-corrected chi connectivity index (χ3v) is 8.04. The van der Waals surface area contributed by atoms with Gasteiger partial charge in [-0.05, 0) is 39.7 Å². The number of hydrogen-bond donors (Lipinski definition) is 0. The van der Waals surface area contributed by atoms with Crippen LogP contribution in [-0.2, 0) is 16.8 Å². The van der Waals surface area contributed by atoms with Crippen LogP contribution in [0.2, 0.25) is 32.7 Å². The zero-order chi connectivity index (χ0) is 12.4. The third-order valence-electron chi connectivity index (χ3n) is 2.26. The van der Waals surface area contributed by atoms with Crippen molar-refractivity contribution in [1.29, 1.82) is 0 Å². The molecule has 0 amide bonds. The quantitative estimate of drug-likeness (QED) is 0.585. The minimum absolute atomic E-state index is 1.03. The highest BCUT2D eigenvalue weighted by Gasteiger charge is 2.32. The molecule has 0 saturated carbocycles. The van der Waals surface area contributed by atoms with Crippen molar-refractivity contribution in [3.05, 3.63) is 18.7 Å². The molecule has 92 valence electrons. The molecule has 0 bridgehead atoms. The van der Waals surface area contributed by atoms with Gasteiger partial charge in [-0.3, -0.25) is 0 Å². The van der Waals surface area contributed by atoms with Crippen LogP contribution in [0.15, 0.2) is 18.7 Å². The smallest absolute Gasteiger partial charge is 0.243 e. The van der Waals surface area contributed by atoms with Crippen molar-refractivity contribution < 1.29 is 8.68 Å². The van der Waals surface area contributed by atoms with Crippen LogP contribution >= 0.6 is 0 Å². The number of aromatic nitrogens is 2. The minimum Gasteiger partial charge on any atom is -0.453 e. The lowest BCUT2D eigenvalue weighted by Gasteiger charge is -2.29. The summed E-state index contributed by atoms with van der Waals surface area (Å²) < 4.78 is 10.8. The van der Waals surface area contributed by atoms with E-state index in [9.17, 15) is 0 Å². The van der Waals surface area contributed by atoms with Crippen LogP contribution in [0, 0.1) is 0 Å². The maximum Gasteiger partial charge on any atom is 0.243 e. The summed E-state index contributed by atoms with van der Waals surface area (Å²) in [5, 5.41) is 0. The highest BCUT2D eigenvalue weighted by atomic mass is 28.4.